The fourth-order valence-corrected chi connectivity index (χ4v) is 1.74. The van der Waals surface area contributed by atoms with E-state index in [2.05, 4.69) is 15.4 Å². The third kappa shape index (κ3) is 3.00. The SMILES string of the molecule is CCCc1c(NN)ncnc1Oc1cc(F)ccc1F. The van der Waals surface area contributed by atoms with Crippen LogP contribution in [0.2, 0.25) is 0 Å². The summed E-state index contributed by atoms with van der Waals surface area (Å²) in [5, 5.41) is 0. The van der Waals surface area contributed by atoms with Crippen molar-refractivity contribution in [1.29, 1.82) is 0 Å². The van der Waals surface area contributed by atoms with E-state index in [1.165, 1.54) is 6.33 Å². The molecule has 106 valence electrons. The van der Waals surface area contributed by atoms with E-state index in [0.29, 0.717) is 17.8 Å². The quantitative estimate of drug-likeness (QED) is 0.651. The molecule has 0 radical (unpaired) electrons. The Morgan fingerprint density at radius 2 is 2.10 bits per heavy atom. The lowest BCUT2D eigenvalue weighted by Crippen LogP contribution is -2.12. The van der Waals surface area contributed by atoms with E-state index < -0.39 is 11.6 Å². The van der Waals surface area contributed by atoms with E-state index in [9.17, 15) is 8.78 Å². The van der Waals surface area contributed by atoms with Crippen LogP contribution in [0.1, 0.15) is 18.9 Å². The van der Waals surface area contributed by atoms with Gasteiger partial charge in [-0.3, -0.25) is 0 Å². The molecule has 0 unspecified atom stereocenters. The first-order chi connectivity index (χ1) is 9.65. The van der Waals surface area contributed by atoms with Crippen molar-refractivity contribution in [3.63, 3.8) is 0 Å². The summed E-state index contributed by atoms with van der Waals surface area (Å²) in [5.41, 5.74) is 3.05. The van der Waals surface area contributed by atoms with E-state index in [0.717, 1.165) is 24.6 Å². The van der Waals surface area contributed by atoms with Gasteiger partial charge < -0.3 is 10.2 Å². The Morgan fingerprint density at radius 1 is 1.30 bits per heavy atom. The lowest BCUT2D eigenvalue weighted by molar-refractivity contribution is 0.416. The minimum absolute atomic E-state index is 0.152. The molecular formula is C13H14F2N4O. The topological polar surface area (TPSA) is 73.1 Å². The summed E-state index contributed by atoms with van der Waals surface area (Å²) < 4.78 is 32.1. The van der Waals surface area contributed by atoms with Crippen LogP contribution < -0.4 is 16.0 Å². The lowest BCUT2D eigenvalue weighted by Gasteiger charge is -2.12. The second-order valence-corrected chi connectivity index (χ2v) is 4.08. The number of ether oxygens (including phenoxy) is 1. The van der Waals surface area contributed by atoms with Gasteiger partial charge in [-0.15, -0.1) is 0 Å². The first-order valence-corrected chi connectivity index (χ1v) is 6.09. The lowest BCUT2D eigenvalue weighted by atomic mass is 10.2. The number of hydrogen-bond donors (Lipinski definition) is 2. The van der Waals surface area contributed by atoms with Crippen molar-refractivity contribution < 1.29 is 13.5 Å². The number of benzene rings is 1. The number of aromatic nitrogens is 2. The number of hydrogen-bond acceptors (Lipinski definition) is 5. The number of hydrazine groups is 1. The highest BCUT2D eigenvalue weighted by Gasteiger charge is 2.14. The Labute approximate surface area is 114 Å². The molecule has 1 aromatic heterocycles. The Hall–Kier alpha value is -2.28. The summed E-state index contributed by atoms with van der Waals surface area (Å²) in [7, 11) is 0. The molecule has 20 heavy (non-hydrogen) atoms. The minimum atomic E-state index is -0.672. The Bertz CT molecular complexity index is 607. The zero-order chi connectivity index (χ0) is 14.5. The van der Waals surface area contributed by atoms with Crippen LogP contribution in [0.4, 0.5) is 14.6 Å². The summed E-state index contributed by atoms with van der Waals surface area (Å²) in [5.74, 6) is 4.42. The van der Waals surface area contributed by atoms with E-state index in [1.54, 1.807) is 0 Å². The molecule has 0 spiro atoms. The van der Waals surface area contributed by atoms with Crippen molar-refractivity contribution >= 4 is 5.82 Å². The van der Waals surface area contributed by atoms with Gasteiger partial charge in [0.1, 0.15) is 18.0 Å². The molecule has 1 aromatic carbocycles. The van der Waals surface area contributed by atoms with Gasteiger partial charge in [-0.05, 0) is 18.6 Å². The van der Waals surface area contributed by atoms with Crippen LogP contribution in [0.3, 0.4) is 0 Å². The molecule has 2 aromatic rings. The van der Waals surface area contributed by atoms with Crippen LogP contribution in [0.15, 0.2) is 24.5 Å². The molecule has 0 fully saturated rings. The number of halogens is 2. The number of rotatable bonds is 5. The van der Waals surface area contributed by atoms with Gasteiger partial charge in [0, 0.05) is 6.07 Å². The maximum Gasteiger partial charge on any atom is 0.227 e. The van der Waals surface area contributed by atoms with Gasteiger partial charge in [-0.1, -0.05) is 13.3 Å². The molecule has 3 N–H and O–H groups in total. The minimum Gasteiger partial charge on any atom is -0.435 e. The Balaban J connectivity index is 2.39. The smallest absolute Gasteiger partial charge is 0.227 e. The van der Waals surface area contributed by atoms with Gasteiger partial charge in [0.05, 0.1) is 5.56 Å². The van der Waals surface area contributed by atoms with Gasteiger partial charge in [-0.2, -0.15) is 0 Å². The predicted molar refractivity (Wildman–Crippen MR) is 70.3 cm³/mol. The molecule has 0 saturated carbocycles. The molecule has 0 amide bonds. The molecule has 1 heterocycles. The molecule has 0 aliphatic heterocycles. The maximum absolute atomic E-state index is 13.6. The van der Waals surface area contributed by atoms with Gasteiger partial charge in [-0.25, -0.2) is 24.6 Å². The molecule has 7 heteroatoms. The number of nitrogen functional groups attached to an aromatic ring is 1. The third-order valence-electron chi connectivity index (χ3n) is 2.64. The van der Waals surface area contributed by atoms with Crippen LogP contribution >= 0.6 is 0 Å². The first kappa shape index (κ1) is 14.1. The van der Waals surface area contributed by atoms with Crippen LogP contribution in [0, 0.1) is 11.6 Å². The van der Waals surface area contributed by atoms with Crippen molar-refractivity contribution in [3.8, 4) is 11.6 Å². The molecule has 0 bridgehead atoms. The average molecular weight is 280 g/mol. The highest BCUT2D eigenvalue weighted by Crippen LogP contribution is 2.29. The molecular weight excluding hydrogens is 266 g/mol. The first-order valence-electron chi connectivity index (χ1n) is 6.09. The summed E-state index contributed by atoms with van der Waals surface area (Å²) in [6.45, 7) is 1.96. The normalized spacial score (nSPS) is 10.4. The zero-order valence-electron chi connectivity index (χ0n) is 10.9. The zero-order valence-corrected chi connectivity index (χ0v) is 10.9. The Morgan fingerprint density at radius 3 is 2.80 bits per heavy atom. The van der Waals surface area contributed by atoms with Crippen LogP contribution in [0.25, 0.3) is 0 Å². The van der Waals surface area contributed by atoms with Gasteiger partial charge in [0.2, 0.25) is 5.88 Å². The fraction of sp³-hybridized carbons (Fsp3) is 0.231. The standard InChI is InChI=1S/C13H14F2N4O/c1-2-3-9-12(19-16)17-7-18-13(9)20-11-6-8(14)4-5-10(11)15/h4-7H,2-3,16H2,1H3,(H,17,18,19). The number of anilines is 1. The average Bonchev–Trinajstić information content (AvgIpc) is 2.45. The predicted octanol–water partition coefficient (Wildman–Crippen LogP) is 2.79. The fourth-order valence-electron chi connectivity index (χ4n) is 1.74. The van der Waals surface area contributed by atoms with E-state index in [4.69, 9.17) is 10.6 Å². The van der Waals surface area contributed by atoms with Crippen molar-refractivity contribution in [3.05, 3.63) is 41.7 Å². The van der Waals surface area contributed by atoms with Gasteiger partial charge in [0.25, 0.3) is 0 Å². The molecule has 2 rings (SSSR count). The second-order valence-electron chi connectivity index (χ2n) is 4.08. The highest BCUT2D eigenvalue weighted by atomic mass is 19.1. The van der Waals surface area contributed by atoms with Crippen molar-refractivity contribution in [2.75, 3.05) is 5.43 Å². The van der Waals surface area contributed by atoms with Crippen LogP contribution in [-0.2, 0) is 6.42 Å². The van der Waals surface area contributed by atoms with Crippen molar-refractivity contribution in [2.24, 2.45) is 5.84 Å². The number of nitrogens with one attached hydrogen (secondary N) is 1. The number of nitrogens with two attached hydrogens (primary N) is 1. The maximum atomic E-state index is 13.6. The number of nitrogens with zero attached hydrogens (tertiary/aromatic N) is 2. The molecule has 0 aliphatic carbocycles. The van der Waals surface area contributed by atoms with Crippen molar-refractivity contribution in [2.45, 2.75) is 19.8 Å². The van der Waals surface area contributed by atoms with E-state index in [-0.39, 0.29) is 11.6 Å². The van der Waals surface area contributed by atoms with Crippen LogP contribution in [0.5, 0.6) is 11.6 Å². The summed E-state index contributed by atoms with van der Waals surface area (Å²) >= 11 is 0. The van der Waals surface area contributed by atoms with E-state index >= 15 is 0 Å². The van der Waals surface area contributed by atoms with Crippen molar-refractivity contribution in [1.82, 2.24) is 9.97 Å². The molecule has 0 saturated heterocycles. The largest absolute Gasteiger partial charge is 0.435 e. The van der Waals surface area contributed by atoms with E-state index in [1.807, 2.05) is 6.92 Å². The summed E-state index contributed by atoms with van der Waals surface area (Å²) in [4.78, 5) is 7.92. The van der Waals surface area contributed by atoms with Crippen LogP contribution in [-0.4, -0.2) is 9.97 Å². The molecule has 5 nitrogen and oxygen atoms in total. The van der Waals surface area contributed by atoms with Gasteiger partial charge in [0.15, 0.2) is 11.6 Å². The highest BCUT2D eigenvalue weighted by molar-refractivity contribution is 5.49. The molecule has 0 aliphatic rings. The third-order valence-corrected chi connectivity index (χ3v) is 2.64. The summed E-state index contributed by atoms with van der Waals surface area (Å²) in [6, 6.07) is 2.97. The van der Waals surface area contributed by atoms with Gasteiger partial charge >= 0.3 is 0 Å². The monoisotopic (exact) mass is 280 g/mol. The summed E-state index contributed by atoms with van der Waals surface area (Å²) in [6.07, 6.45) is 2.62. The molecule has 0 atom stereocenters. The second kappa shape index (κ2) is 6.25. The Kier molecular flexibility index (Phi) is 4.41.